The number of benzene rings is 9. The van der Waals surface area contributed by atoms with E-state index in [9.17, 15) is 0 Å². The molecular weight excluding hydrogens is 765 g/mol. The molecule has 12 aromatic rings. The van der Waals surface area contributed by atoms with Gasteiger partial charge in [0.1, 0.15) is 0 Å². The second-order valence-corrected chi connectivity index (χ2v) is 16.3. The van der Waals surface area contributed by atoms with Gasteiger partial charge in [0.25, 0.3) is 0 Å². The molecule has 0 fully saturated rings. The van der Waals surface area contributed by atoms with Crippen molar-refractivity contribution in [3.05, 3.63) is 230 Å². The third-order valence-electron chi connectivity index (χ3n) is 12.5. The molecule has 0 bridgehead atoms. The highest BCUT2D eigenvalue weighted by molar-refractivity contribution is 6.12. The Morgan fingerprint density at radius 3 is 1.21 bits per heavy atom. The number of hydrogen-bond acceptors (Lipinski definition) is 2. The van der Waals surface area contributed by atoms with Gasteiger partial charge in [0, 0.05) is 49.6 Å². The van der Waals surface area contributed by atoms with Crippen molar-refractivity contribution in [2.45, 2.75) is 6.92 Å². The van der Waals surface area contributed by atoms with E-state index in [4.69, 9.17) is 9.97 Å². The van der Waals surface area contributed by atoms with Gasteiger partial charge >= 0.3 is 0 Å². The molecule has 0 spiro atoms. The van der Waals surface area contributed by atoms with Crippen molar-refractivity contribution in [3.8, 4) is 67.5 Å². The van der Waals surface area contributed by atoms with Crippen molar-refractivity contribution < 1.29 is 0 Å². The fourth-order valence-corrected chi connectivity index (χ4v) is 9.25. The molecule has 0 radical (unpaired) electrons. The first kappa shape index (κ1) is 36.5. The Labute approximate surface area is 365 Å². The van der Waals surface area contributed by atoms with Crippen LogP contribution in [0.4, 0.5) is 0 Å². The molecule has 296 valence electrons. The second-order valence-electron chi connectivity index (χ2n) is 16.3. The lowest BCUT2D eigenvalue weighted by molar-refractivity contribution is 1.17. The van der Waals surface area contributed by atoms with Crippen molar-refractivity contribution >= 4 is 43.6 Å². The minimum atomic E-state index is 0.721. The topological polar surface area (TPSA) is 35.6 Å². The van der Waals surface area contributed by atoms with Crippen LogP contribution in [0.1, 0.15) is 5.56 Å². The van der Waals surface area contributed by atoms with Gasteiger partial charge in [-0.25, -0.2) is 9.97 Å². The highest BCUT2D eigenvalue weighted by atomic mass is 15.0. The molecule has 0 atom stereocenters. The number of para-hydroxylation sites is 3. The van der Waals surface area contributed by atoms with E-state index in [1.807, 2.05) is 18.2 Å². The number of aryl methyl sites for hydroxylation is 1. The van der Waals surface area contributed by atoms with E-state index in [2.05, 4.69) is 222 Å². The van der Waals surface area contributed by atoms with Crippen LogP contribution in [0.3, 0.4) is 0 Å². The van der Waals surface area contributed by atoms with Crippen LogP contribution >= 0.6 is 0 Å². The number of hydrogen-bond donors (Lipinski definition) is 0. The molecule has 63 heavy (non-hydrogen) atoms. The SMILES string of the molecule is Cc1ccc(-c2nc(-c3ccccc3)cc(-c3ccc(-c4ccc(-c5ccc(-n6c7ccccc7c7cc(-n8c9ccccc9c9ccccc98)ccc76)cc5)cc4)cc3)n2)cc1. The molecule has 0 aliphatic heterocycles. The molecule has 0 saturated carbocycles. The molecule has 3 aromatic heterocycles. The minimum absolute atomic E-state index is 0.721. The van der Waals surface area contributed by atoms with Gasteiger partial charge in [-0.05, 0) is 83.8 Å². The number of fused-ring (bicyclic) bond motifs is 6. The fourth-order valence-electron chi connectivity index (χ4n) is 9.25. The zero-order valence-electron chi connectivity index (χ0n) is 34.7. The Hall–Kier alpha value is -8.34. The standard InChI is InChI=1S/C59H40N4/c1-39-19-21-46(22-20-39)59-60-53(44-11-3-2-4-12-44)38-54(61-59)45-29-27-42(28-30-45)40-23-25-41(26-24-40)43-31-33-47(34-32-43)62-57-18-10-7-15-51(57)52-37-48(35-36-58(52)62)63-55-16-8-5-13-49(55)50-14-6-9-17-56(50)63/h2-38H,1H3. The predicted molar refractivity (Wildman–Crippen MR) is 263 cm³/mol. The first-order valence-corrected chi connectivity index (χ1v) is 21.5. The second kappa shape index (κ2) is 15.0. The monoisotopic (exact) mass is 804 g/mol. The summed E-state index contributed by atoms with van der Waals surface area (Å²) in [4.78, 5) is 10.0. The predicted octanol–water partition coefficient (Wildman–Crippen LogP) is 15.3. The van der Waals surface area contributed by atoms with Gasteiger partial charge in [-0.3, -0.25) is 0 Å². The highest BCUT2D eigenvalue weighted by Gasteiger charge is 2.17. The molecule has 9 aromatic carbocycles. The van der Waals surface area contributed by atoms with Gasteiger partial charge in [-0.2, -0.15) is 0 Å². The molecule has 0 amide bonds. The van der Waals surface area contributed by atoms with Crippen molar-refractivity contribution in [2.24, 2.45) is 0 Å². The summed E-state index contributed by atoms with van der Waals surface area (Å²) in [5.74, 6) is 0.721. The van der Waals surface area contributed by atoms with Crippen molar-refractivity contribution in [2.75, 3.05) is 0 Å². The van der Waals surface area contributed by atoms with E-state index in [0.29, 0.717) is 0 Å². The Morgan fingerprint density at radius 2 is 0.667 bits per heavy atom. The summed E-state index contributed by atoms with van der Waals surface area (Å²) in [7, 11) is 0. The zero-order valence-corrected chi connectivity index (χ0v) is 34.7. The number of nitrogens with zero attached hydrogens (tertiary/aromatic N) is 4. The summed E-state index contributed by atoms with van der Waals surface area (Å²) >= 11 is 0. The van der Waals surface area contributed by atoms with Gasteiger partial charge in [0.05, 0.1) is 33.5 Å². The van der Waals surface area contributed by atoms with Gasteiger partial charge in [-0.1, -0.05) is 175 Å². The van der Waals surface area contributed by atoms with Crippen molar-refractivity contribution in [3.63, 3.8) is 0 Å². The Balaban J connectivity index is 0.835. The molecule has 0 N–H and O–H groups in total. The van der Waals surface area contributed by atoms with E-state index < -0.39 is 0 Å². The van der Waals surface area contributed by atoms with Gasteiger partial charge in [-0.15, -0.1) is 0 Å². The Kier molecular flexibility index (Phi) is 8.68. The molecule has 4 nitrogen and oxygen atoms in total. The number of aromatic nitrogens is 4. The van der Waals surface area contributed by atoms with Crippen LogP contribution in [0.2, 0.25) is 0 Å². The van der Waals surface area contributed by atoms with Crippen LogP contribution in [0, 0.1) is 6.92 Å². The summed E-state index contributed by atoms with van der Waals surface area (Å²) < 4.78 is 4.79. The van der Waals surface area contributed by atoms with Gasteiger partial charge in [0.2, 0.25) is 0 Å². The van der Waals surface area contributed by atoms with Gasteiger partial charge < -0.3 is 9.13 Å². The molecular formula is C59H40N4. The smallest absolute Gasteiger partial charge is 0.160 e. The van der Waals surface area contributed by atoms with E-state index in [-0.39, 0.29) is 0 Å². The average molecular weight is 805 g/mol. The lowest BCUT2D eigenvalue weighted by atomic mass is 9.98. The molecule has 0 aliphatic rings. The fraction of sp³-hybridized carbons (Fsp3) is 0.0169. The van der Waals surface area contributed by atoms with E-state index >= 15 is 0 Å². The molecule has 12 rings (SSSR count). The Bertz CT molecular complexity index is 3580. The van der Waals surface area contributed by atoms with E-state index in [0.717, 1.165) is 50.8 Å². The number of rotatable bonds is 7. The van der Waals surface area contributed by atoms with E-state index in [1.54, 1.807) is 0 Å². The normalized spacial score (nSPS) is 11.6. The average Bonchev–Trinajstić information content (AvgIpc) is 3.87. The molecule has 4 heteroatoms. The Morgan fingerprint density at radius 1 is 0.286 bits per heavy atom. The maximum absolute atomic E-state index is 5.05. The maximum atomic E-state index is 5.05. The zero-order chi connectivity index (χ0) is 41.9. The lowest BCUT2D eigenvalue weighted by Crippen LogP contribution is -1.96. The summed E-state index contributed by atoms with van der Waals surface area (Å²) in [6.07, 6.45) is 0. The largest absolute Gasteiger partial charge is 0.309 e. The summed E-state index contributed by atoms with van der Waals surface area (Å²) in [6.45, 7) is 2.10. The van der Waals surface area contributed by atoms with Gasteiger partial charge in [0.15, 0.2) is 5.82 Å². The minimum Gasteiger partial charge on any atom is -0.309 e. The molecule has 0 saturated heterocycles. The first-order chi connectivity index (χ1) is 31.1. The first-order valence-electron chi connectivity index (χ1n) is 21.5. The quantitative estimate of drug-likeness (QED) is 0.161. The van der Waals surface area contributed by atoms with Crippen molar-refractivity contribution in [1.82, 2.24) is 19.1 Å². The molecule has 3 heterocycles. The maximum Gasteiger partial charge on any atom is 0.160 e. The summed E-state index contributed by atoms with van der Waals surface area (Å²) in [5, 5.41) is 5.01. The van der Waals surface area contributed by atoms with Crippen LogP contribution in [-0.4, -0.2) is 19.1 Å². The summed E-state index contributed by atoms with van der Waals surface area (Å²) in [6, 6.07) is 80.4. The lowest BCUT2D eigenvalue weighted by Gasteiger charge is -2.11. The summed E-state index contributed by atoms with van der Waals surface area (Å²) in [5.41, 5.74) is 17.9. The molecule has 0 aliphatic carbocycles. The van der Waals surface area contributed by atoms with Crippen LogP contribution in [-0.2, 0) is 0 Å². The molecule has 0 unspecified atom stereocenters. The van der Waals surface area contributed by atoms with E-state index in [1.165, 1.54) is 65.9 Å². The third kappa shape index (κ3) is 6.39. The third-order valence-corrected chi connectivity index (χ3v) is 12.5. The van der Waals surface area contributed by atoms with Crippen LogP contribution < -0.4 is 0 Å². The van der Waals surface area contributed by atoms with Crippen LogP contribution in [0.5, 0.6) is 0 Å². The highest BCUT2D eigenvalue weighted by Crippen LogP contribution is 2.38. The van der Waals surface area contributed by atoms with Crippen LogP contribution in [0.25, 0.3) is 111 Å². The van der Waals surface area contributed by atoms with Crippen molar-refractivity contribution in [1.29, 1.82) is 0 Å². The van der Waals surface area contributed by atoms with Crippen LogP contribution in [0.15, 0.2) is 224 Å².